The predicted molar refractivity (Wildman–Crippen MR) is 76.5 cm³/mol. The summed E-state index contributed by atoms with van der Waals surface area (Å²) in [4.78, 5) is 2.67. The zero-order valence-electron chi connectivity index (χ0n) is 10.7. The summed E-state index contributed by atoms with van der Waals surface area (Å²) >= 11 is 5.12. The van der Waals surface area contributed by atoms with E-state index in [0.717, 1.165) is 30.2 Å². The molecule has 0 aliphatic carbocycles. The molecule has 1 aromatic rings. The molecule has 1 atom stereocenters. The van der Waals surface area contributed by atoms with Crippen LogP contribution < -0.4 is 15.4 Å². The van der Waals surface area contributed by atoms with Crippen LogP contribution in [0.5, 0.6) is 5.75 Å². The molecular formula is C13H18N2O2S. The van der Waals surface area contributed by atoms with E-state index in [1.165, 1.54) is 0 Å². The van der Waals surface area contributed by atoms with Gasteiger partial charge in [-0.3, -0.25) is 0 Å². The molecule has 0 spiro atoms. The fourth-order valence-corrected chi connectivity index (χ4v) is 2.34. The first kappa shape index (κ1) is 13.1. The van der Waals surface area contributed by atoms with Crippen LogP contribution in [0.2, 0.25) is 0 Å². The maximum atomic E-state index is 5.79. The Hall–Kier alpha value is -1.33. The predicted octanol–water partition coefficient (Wildman–Crippen LogP) is 1.55. The molecule has 1 heterocycles. The molecule has 98 valence electrons. The van der Waals surface area contributed by atoms with Crippen molar-refractivity contribution < 1.29 is 9.47 Å². The molecule has 1 aliphatic rings. The standard InChI is InChI=1S/C13H18N2O2S/c1-9-8-17-6-5-15(9)12-7-10(16-2)3-4-11(12)13(14)18/h3-4,7,9H,5-6,8H2,1-2H3,(H2,14,18). The first-order valence-corrected chi connectivity index (χ1v) is 6.36. The van der Waals surface area contributed by atoms with Gasteiger partial charge in [0, 0.05) is 24.2 Å². The fourth-order valence-electron chi connectivity index (χ4n) is 2.17. The third kappa shape index (κ3) is 2.57. The molecule has 1 aliphatic heterocycles. The Bertz CT molecular complexity index is 451. The molecule has 5 heteroatoms. The number of thiocarbonyl (C=S) groups is 1. The van der Waals surface area contributed by atoms with Crippen molar-refractivity contribution in [1.82, 2.24) is 0 Å². The van der Waals surface area contributed by atoms with Crippen LogP contribution in [0.25, 0.3) is 0 Å². The molecule has 1 fully saturated rings. The molecule has 0 bridgehead atoms. The van der Waals surface area contributed by atoms with E-state index in [1.54, 1.807) is 7.11 Å². The third-order valence-corrected chi connectivity index (χ3v) is 3.37. The lowest BCUT2D eigenvalue weighted by Gasteiger charge is -2.36. The molecule has 1 aromatic carbocycles. The van der Waals surface area contributed by atoms with Crippen molar-refractivity contribution in [2.75, 3.05) is 31.8 Å². The molecule has 1 unspecified atom stereocenters. The maximum Gasteiger partial charge on any atom is 0.120 e. The first-order chi connectivity index (χ1) is 8.63. The van der Waals surface area contributed by atoms with E-state index in [-0.39, 0.29) is 0 Å². The second-order valence-electron chi connectivity index (χ2n) is 4.36. The van der Waals surface area contributed by atoms with E-state index >= 15 is 0 Å². The van der Waals surface area contributed by atoms with Gasteiger partial charge in [0.15, 0.2) is 0 Å². The number of nitrogens with two attached hydrogens (primary N) is 1. The van der Waals surface area contributed by atoms with Gasteiger partial charge < -0.3 is 20.1 Å². The molecule has 2 rings (SSSR count). The van der Waals surface area contributed by atoms with Crippen molar-refractivity contribution in [1.29, 1.82) is 0 Å². The van der Waals surface area contributed by atoms with Gasteiger partial charge in [0.25, 0.3) is 0 Å². The van der Waals surface area contributed by atoms with Crippen molar-refractivity contribution in [2.24, 2.45) is 5.73 Å². The van der Waals surface area contributed by atoms with Crippen molar-refractivity contribution >= 4 is 22.9 Å². The number of hydrogen-bond donors (Lipinski definition) is 1. The number of anilines is 1. The lowest BCUT2D eigenvalue weighted by molar-refractivity contribution is 0.0989. The molecule has 4 nitrogen and oxygen atoms in total. The number of hydrogen-bond acceptors (Lipinski definition) is 4. The summed E-state index contributed by atoms with van der Waals surface area (Å²) in [6.45, 7) is 4.40. The van der Waals surface area contributed by atoms with E-state index in [2.05, 4.69) is 11.8 Å². The van der Waals surface area contributed by atoms with Crippen LogP contribution in [0, 0.1) is 0 Å². The van der Waals surface area contributed by atoms with Gasteiger partial charge in [0.05, 0.1) is 26.0 Å². The lowest BCUT2D eigenvalue weighted by Crippen LogP contribution is -2.44. The zero-order chi connectivity index (χ0) is 13.1. The number of benzene rings is 1. The van der Waals surface area contributed by atoms with Crippen LogP contribution in [-0.4, -0.2) is 37.9 Å². The topological polar surface area (TPSA) is 47.7 Å². The molecule has 0 amide bonds. The van der Waals surface area contributed by atoms with Gasteiger partial charge in [-0.15, -0.1) is 0 Å². The van der Waals surface area contributed by atoms with Crippen LogP contribution in [0.3, 0.4) is 0 Å². The van der Waals surface area contributed by atoms with E-state index in [0.29, 0.717) is 17.6 Å². The van der Waals surface area contributed by atoms with Crippen molar-refractivity contribution in [2.45, 2.75) is 13.0 Å². The van der Waals surface area contributed by atoms with E-state index < -0.39 is 0 Å². The Morgan fingerprint density at radius 1 is 1.56 bits per heavy atom. The normalized spacial score (nSPS) is 19.7. The Morgan fingerprint density at radius 2 is 2.33 bits per heavy atom. The van der Waals surface area contributed by atoms with Crippen LogP contribution in [0.15, 0.2) is 18.2 Å². The van der Waals surface area contributed by atoms with Gasteiger partial charge in [0.1, 0.15) is 10.7 Å². The van der Waals surface area contributed by atoms with E-state index in [1.807, 2.05) is 18.2 Å². The minimum Gasteiger partial charge on any atom is -0.497 e. The highest BCUT2D eigenvalue weighted by Gasteiger charge is 2.22. The van der Waals surface area contributed by atoms with Crippen LogP contribution >= 0.6 is 12.2 Å². The molecule has 1 saturated heterocycles. The summed E-state index contributed by atoms with van der Waals surface area (Å²) in [5.41, 5.74) is 7.70. The summed E-state index contributed by atoms with van der Waals surface area (Å²) in [6, 6.07) is 6.08. The summed E-state index contributed by atoms with van der Waals surface area (Å²) in [7, 11) is 1.66. The van der Waals surface area contributed by atoms with Gasteiger partial charge in [-0.25, -0.2) is 0 Å². The van der Waals surface area contributed by atoms with Gasteiger partial charge >= 0.3 is 0 Å². The summed E-state index contributed by atoms with van der Waals surface area (Å²) in [5, 5.41) is 0. The van der Waals surface area contributed by atoms with Crippen LogP contribution in [-0.2, 0) is 4.74 Å². The monoisotopic (exact) mass is 266 g/mol. The number of rotatable bonds is 3. The molecule has 0 aromatic heterocycles. The van der Waals surface area contributed by atoms with E-state index in [9.17, 15) is 0 Å². The van der Waals surface area contributed by atoms with Gasteiger partial charge in [-0.05, 0) is 19.1 Å². The quantitative estimate of drug-likeness (QED) is 0.841. The number of methoxy groups -OCH3 is 1. The Kier molecular flexibility index (Phi) is 4.04. The molecular weight excluding hydrogens is 248 g/mol. The van der Waals surface area contributed by atoms with Crippen molar-refractivity contribution in [3.05, 3.63) is 23.8 Å². The highest BCUT2D eigenvalue weighted by molar-refractivity contribution is 7.80. The minimum absolute atomic E-state index is 0.305. The number of morpholine rings is 1. The first-order valence-electron chi connectivity index (χ1n) is 5.95. The highest BCUT2D eigenvalue weighted by Crippen LogP contribution is 2.28. The fraction of sp³-hybridized carbons (Fsp3) is 0.462. The molecule has 2 N–H and O–H groups in total. The average Bonchev–Trinajstić information content (AvgIpc) is 2.38. The van der Waals surface area contributed by atoms with E-state index in [4.69, 9.17) is 27.4 Å². The molecule has 0 saturated carbocycles. The smallest absolute Gasteiger partial charge is 0.120 e. The lowest BCUT2D eigenvalue weighted by atomic mass is 10.1. The van der Waals surface area contributed by atoms with Crippen molar-refractivity contribution in [3.8, 4) is 5.75 Å². The molecule has 18 heavy (non-hydrogen) atoms. The average molecular weight is 266 g/mol. The van der Waals surface area contributed by atoms with Gasteiger partial charge in [0.2, 0.25) is 0 Å². The summed E-state index contributed by atoms with van der Waals surface area (Å²) in [5.74, 6) is 0.809. The van der Waals surface area contributed by atoms with Crippen molar-refractivity contribution in [3.63, 3.8) is 0 Å². The Morgan fingerprint density at radius 3 is 2.94 bits per heavy atom. The minimum atomic E-state index is 0.305. The second-order valence-corrected chi connectivity index (χ2v) is 4.80. The molecule has 0 radical (unpaired) electrons. The van der Waals surface area contributed by atoms with Gasteiger partial charge in [-0.2, -0.15) is 0 Å². The second kappa shape index (κ2) is 5.54. The van der Waals surface area contributed by atoms with Crippen LogP contribution in [0.1, 0.15) is 12.5 Å². The summed E-state index contributed by atoms with van der Waals surface area (Å²) in [6.07, 6.45) is 0. The summed E-state index contributed by atoms with van der Waals surface area (Å²) < 4.78 is 10.7. The number of ether oxygens (including phenoxy) is 2. The van der Waals surface area contributed by atoms with Crippen LogP contribution in [0.4, 0.5) is 5.69 Å². The third-order valence-electron chi connectivity index (χ3n) is 3.15. The Labute approximate surface area is 113 Å². The SMILES string of the molecule is COc1ccc(C(N)=S)c(N2CCOCC2C)c1. The largest absolute Gasteiger partial charge is 0.497 e. The van der Waals surface area contributed by atoms with Gasteiger partial charge in [-0.1, -0.05) is 12.2 Å². The maximum absolute atomic E-state index is 5.79. The zero-order valence-corrected chi connectivity index (χ0v) is 11.5. The highest BCUT2D eigenvalue weighted by atomic mass is 32.1. The number of nitrogens with zero attached hydrogens (tertiary/aromatic N) is 1. The Balaban J connectivity index is 2.42.